The second-order valence-electron chi connectivity index (χ2n) is 4.26. The van der Waals surface area contributed by atoms with E-state index in [0.717, 1.165) is 25.7 Å². The van der Waals surface area contributed by atoms with Gasteiger partial charge < -0.3 is 15.8 Å². The quantitative estimate of drug-likeness (QED) is 0.656. The smallest absolute Gasteiger partial charge is 0.0635 e. The highest BCUT2D eigenvalue weighted by atomic mass is 16.5. The zero-order valence-electron chi connectivity index (χ0n) is 8.17. The first-order valence-electron chi connectivity index (χ1n) is 5.44. The summed E-state index contributed by atoms with van der Waals surface area (Å²) in [7, 11) is 0. The Balaban J connectivity index is 1.83. The van der Waals surface area contributed by atoms with Gasteiger partial charge in [0.05, 0.1) is 13.2 Å². The summed E-state index contributed by atoms with van der Waals surface area (Å²) in [6.07, 6.45) is 5.37. The minimum Gasteiger partial charge on any atom is -0.378 e. The first kappa shape index (κ1) is 9.44. The molecular formula is C10H20N2O. The van der Waals surface area contributed by atoms with Gasteiger partial charge in [-0.15, -0.1) is 0 Å². The van der Waals surface area contributed by atoms with Crippen LogP contribution in [0.15, 0.2) is 0 Å². The summed E-state index contributed by atoms with van der Waals surface area (Å²) in [4.78, 5) is 0. The third kappa shape index (κ3) is 2.22. The Bertz CT molecular complexity index is 151. The van der Waals surface area contributed by atoms with Gasteiger partial charge in [0.2, 0.25) is 0 Å². The van der Waals surface area contributed by atoms with Gasteiger partial charge in [0, 0.05) is 18.6 Å². The predicted molar refractivity (Wildman–Crippen MR) is 52.5 cm³/mol. The minimum atomic E-state index is 0.308. The number of hydrogen-bond donors (Lipinski definition) is 2. The first-order valence-corrected chi connectivity index (χ1v) is 5.44. The van der Waals surface area contributed by atoms with Crippen molar-refractivity contribution in [2.75, 3.05) is 19.8 Å². The van der Waals surface area contributed by atoms with Crippen molar-refractivity contribution in [2.24, 2.45) is 11.7 Å². The molecule has 76 valence electrons. The molecule has 0 bridgehead atoms. The van der Waals surface area contributed by atoms with Crippen LogP contribution >= 0.6 is 0 Å². The Kier molecular flexibility index (Phi) is 3.19. The van der Waals surface area contributed by atoms with E-state index in [1.807, 2.05) is 0 Å². The monoisotopic (exact) mass is 184 g/mol. The van der Waals surface area contributed by atoms with Gasteiger partial charge in [0.15, 0.2) is 0 Å². The normalized spacial score (nSPS) is 33.5. The summed E-state index contributed by atoms with van der Waals surface area (Å²) in [6, 6.07) is 0.708. The Hall–Kier alpha value is -0.120. The van der Waals surface area contributed by atoms with Crippen molar-refractivity contribution in [1.29, 1.82) is 0 Å². The van der Waals surface area contributed by atoms with Crippen molar-refractivity contribution in [3.8, 4) is 0 Å². The standard InChI is InChI=1S/C10H20N2O/c11-10(8-3-1-2-4-8)9-7-13-6-5-12-9/h8-10,12H,1-7,11H2. The Morgan fingerprint density at radius 1 is 1.31 bits per heavy atom. The van der Waals surface area contributed by atoms with Crippen LogP contribution in [0.2, 0.25) is 0 Å². The molecule has 0 spiro atoms. The lowest BCUT2D eigenvalue weighted by molar-refractivity contribution is 0.0611. The maximum atomic E-state index is 6.21. The number of nitrogens with two attached hydrogens (primary N) is 1. The number of hydrogen-bond acceptors (Lipinski definition) is 3. The average Bonchev–Trinajstić information content (AvgIpc) is 2.71. The van der Waals surface area contributed by atoms with Crippen LogP contribution < -0.4 is 11.1 Å². The molecule has 2 fully saturated rings. The summed E-state index contributed by atoms with van der Waals surface area (Å²) in [5.74, 6) is 0.735. The van der Waals surface area contributed by atoms with E-state index in [2.05, 4.69) is 5.32 Å². The van der Waals surface area contributed by atoms with E-state index in [9.17, 15) is 0 Å². The van der Waals surface area contributed by atoms with Crippen molar-refractivity contribution >= 4 is 0 Å². The number of nitrogens with one attached hydrogen (secondary N) is 1. The van der Waals surface area contributed by atoms with Gasteiger partial charge in [-0.1, -0.05) is 12.8 Å². The summed E-state index contributed by atoms with van der Waals surface area (Å²) >= 11 is 0. The topological polar surface area (TPSA) is 47.3 Å². The second-order valence-corrected chi connectivity index (χ2v) is 4.26. The molecule has 1 saturated heterocycles. The molecule has 3 heteroatoms. The van der Waals surface area contributed by atoms with Crippen molar-refractivity contribution in [3.05, 3.63) is 0 Å². The van der Waals surface area contributed by atoms with Gasteiger partial charge >= 0.3 is 0 Å². The zero-order valence-corrected chi connectivity index (χ0v) is 8.17. The molecule has 2 rings (SSSR count). The number of ether oxygens (including phenoxy) is 1. The summed E-state index contributed by atoms with van der Waals surface area (Å²) in [5.41, 5.74) is 6.21. The van der Waals surface area contributed by atoms with Crippen molar-refractivity contribution in [2.45, 2.75) is 37.8 Å². The van der Waals surface area contributed by atoms with Crippen LogP contribution in [-0.4, -0.2) is 31.8 Å². The first-order chi connectivity index (χ1) is 6.38. The minimum absolute atomic E-state index is 0.308. The van der Waals surface area contributed by atoms with Gasteiger partial charge in [-0.3, -0.25) is 0 Å². The molecule has 0 radical (unpaired) electrons. The van der Waals surface area contributed by atoms with Crippen LogP contribution in [0.4, 0.5) is 0 Å². The Morgan fingerprint density at radius 2 is 2.08 bits per heavy atom. The molecule has 1 saturated carbocycles. The van der Waals surface area contributed by atoms with Crippen molar-refractivity contribution in [3.63, 3.8) is 0 Å². The second kappa shape index (κ2) is 4.40. The molecule has 1 heterocycles. The molecule has 0 aromatic rings. The highest BCUT2D eigenvalue weighted by molar-refractivity contribution is 4.88. The van der Waals surface area contributed by atoms with Crippen LogP contribution in [0, 0.1) is 5.92 Å². The molecular weight excluding hydrogens is 164 g/mol. The molecule has 3 nitrogen and oxygen atoms in total. The van der Waals surface area contributed by atoms with E-state index >= 15 is 0 Å². The van der Waals surface area contributed by atoms with Gasteiger partial charge in [-0.25, -0.2) is 0 Å². The van der Waals surface area contributed by atoms with E-state index in [1.165, 1.54) is 25.7 Å². The number of rotatable bonds is 2. The fourth-order valence-electron chi connectivity index (χ4n) is 2.50. The average molecular weight is 184 g/mol. The molecule has 0 aromatic carbocycles. The van der Waals surface area contributed by atoms with E-state index in [0.29, 0.717) is 12.1 Å². The molecule has 2 unspecified atom stereocenters. The van der Waals surface area contributed by atoms with E-state index in [1.54, 1.807) is 0 Å². The summed E-state index contributed by atoms with van der Waals surface area (Å²) in [5, 5.41) is 3.45. The van der Waals surface area contributed by atoms with Crippen LogP contribution in [0.1, 0.15) is 25.7 Å². The van der Waals surface area contributed by atoms with Crippen LogP contribution in [0.3, 0.4) is 0 Å². The zero-order chi connectivity index (χ0) is 9.10. The summed E-state index contributed by atoms with van der Waals surface area (Å²) in [6.45, 7) is 2.61. The van der Waals surface area contributed by atoms with Crippen molar-refractivity contribution < 1.29 is 4.74 Å². The fraction of sp³-hybridized carbons (Fsp3) is 1.00. The molecule has 2 atom stereocenters. The Labute approximate surface area is 80.0 Å². The van der Waals surface area contributed by atoms with Crippen LogP contribution in [0.25, 0.3) is 0 Å². The molecule has 0 aromatic heterocycles. The molecule has 3 N–H and O–H groups in total. The number of morpholine rings is 1. The SMILES string of the molecule is NC(C1CCCC1)C1COCCN1. The van der Waals surface area contributed by atoms with Gasteiger partial charge in [0.25, 0.3) is 0 Å². The maximum absolute atomic E-state index is 6.21. The van der Waals surface area contributed by atoms with Crippen molar-refractivity contribution in [1.82, 2.24) is 5.32 Å². The van der Waals surface area contributed by atoms with E-state index in [-0.39, 0.29) is 0 Å². The summed E-state index contributed by atoms with van der Waals surface area (Å²) < 4.78 is 5.42. The lowest BCUT2D eigenvalue weighted by Crippen LogP contribution is -2.54. The maximum Gasteiger partial charge on any atom is 0.0635 e. The molecule has 1 aliphatic carbocycles. The van der Waals surface area contributed by atoms with Gasteiger partial charge in [-0.05, 0) is 18.8 Å². The van der Waals surface area contributed by atoms with Gasteiger partial charge in [0.1, 0.15) is 0 Å². The third-order valence-electron chi connectivity index (χ3n) is 3.36. The molecule has 2 aliphatic rings. The lowest BCUT2D eigenvalue weighted by Gasteiger charge is -2.32. The van der Waals surface area contributed by atoms with E-state index in [4.69, 9.17) is 10.5 Å². The van der Waals surface area contributed by atoms with Gasteiger partial charge in [-0.2, -0.15) is 0 Å². The molecule has 13 heavy (non-hydrogen) atoms. The highest BCUT2D eigenvalue weighted by Crippen LogP contribution is 2.28. The molecule has 0 amide bonds. The predicted octanol–water partition coefficient (Wildman–Crippen LogP) is 0.492. The molecule has 1 aliphatic heterocycles. The van der Waals surface area contributed by atoms with Crippen LogP contribution in [-0.2, 0) is 4.74 Å². The third-order valence-corrected chi connectivity index (χ3v) is 3.36. The Morgan fingerprint density at radius 3 is 2.69 bits per heavy atom. The largest absolute Gasteiger partial charge is 0.378 e. The van der Waals surface area contributed by atoms with Crippen LogP contribution in [0.5, 0.6) is 0 Å². The lowest BCUT2D eigenvalue weighted by atomic mass is 9.92. The fourth-order valence-corrected chi connectivity index (χ4v) is 2.50. The highest BCUT2D eigenvalue weighted by Gasteiger charge is 2.29. The van der Waals surface area contributed by atoms with E-state index < -0.39 is 0 Å².